The van der Waals surface area contributed by atoms with Crippen molar-refractivity contribution in [1.82, 2.24) is 10.2 Å². The molecule has 0 radical (unpaired) electrons. The Balaban J connectivity index is 1.90. The van der Waals surface area contributed by atoms with E-state index < -0.39 is 0 Å². The number of aromatic nitrogens is 2. The van der Waals surface area contributed by atoms with Crippen LogP contribution in [0.4, 0.5) is 5.82 Å². The van der Waals surface area contributed by atoms with Gasteiger partial charge in [0.05, 0.1) is 5.56 Å². The molecule has 104 valence electrons. The van der Waals surface area contributed by atoms with Gasteiger partial charge in [-0.05, 0) is 19.9 Å². The van der Waals surface area contributed by atoms with E-state index >= 15 is 0 Å². The van der Waals surface area contributed by atoms with E-state index in [0.29, 0.717) is 23.0 Å². The molecule has 2 unspecified atom stereocenters. The van der Waals surface area contributed by atoms with Crippen LogP contribution in [0.25, 0.3) is 0 Å². The number of aryl methyl sites for hydroxylation is 1. The van der Waals surface area contributed by atoms with Gasteiger partial charge in [0.15, 0.2) is 5.82 Å². The number of anilines is 1. The van der Waals surface area contributed by atoms with E-state index in [-0.39, 0.29) is 12.0 Å². The Hall–Kier alpha value is -2.30. The fraction of sp³-hybridized carbons (Fsp3) is 0.333. The summed E-state index contributed by atoms with van der Waals surface area (Å²) in [6, 6.07) is 7.46. The van der Waals surface area contributed by atoms with Gasteiger partial charge >= 0.3 is 0 Å². The van der Waals surface area contributed by atoms with Gasteiger partial charge in [-0.1, -0.05) is 19.1 Å². The number of hydrogen-bond donors (Lipinski definition) is 2. The van der Waals surface area contributed by atoms with Gasteiger partial charge in [-0.15, -0.1) is 0 Å². The van der Waals surface area contributed by atoms with E-state index in [4.69, 9.17) is 4.74 Å². The Kier molecular flexibility index (Phi) is 2.97. The van der Waals surface area contributed by atoms with Crippen molar-refractivity contribution in [1.29, 1.82) is 0 Å². The second kappa shape index (κ2) is 4.67. The van der Waals surface area contributed by atoms with Crippen LogP contribution in [0.1, 0.15) is 41.4 Å². The fourth-order valence-corrected chi connectivity index (χ4v) is 2.43. The van der Waals surface area contributed by atoms with Crippen LogP contribution >= 0.6 is 0 Å². The van der Waals surface area contributed by atoms with Crippen LogP contribution in [0.5, 0.6) is 5.75 Å². The van der Waals surface area contributed by atoms with E-state index in [1.807, 2.05) is 26.0 Å². The first kappa shape index (κ1) is 12.7. The minimum Gasteiger partial charge on any atom is -0.489 e. The van der Waals surface area contributed by atoms with Gasteiger partial charge in [-0.2, -0.15) is 5.10 Å². The molecule has 1 aliphatic rings. The predicted octanol–water partition coefficient (Wildman–Crippen LogP) is 2.85. The zero-order chi connectivity index (χ0) is 14.3. The molecular weight excluding hydrogens is 254 g/mol. The van der Waals surface area contributed by atoms with Crippen LogP contribution in [-0.2, 0) is 0 Å². The van der Waals surface area contributed by atoms with Crippen molar-refractivity contribution in [2.45, 2.75) is 32.8 Å². The summed E-state index contributed by atoms with van der Waals surface area (Å²) in [6.07, 6.45) is 0.0894. The van der Waals surface area contributed by atoms with Gasteiger partial charge in [0, 0.05) is 23.2 Å². The summed E-state index contributed by atoms with van der Waals surface area (Å²) in [7, 11) is 0. The Morgan fingerprint density at radius 1 is 1.40 bits per heavy atom. The maximum Gasteiger partial charge on any atom is 0.260 e. The molecule has 1 aromatic carbocycles. The summed E-state index contributed by atoms with van der Waals surface area (Å²) in [6.45, 7) is 6.01. The molecule has 0 saturated heterocycles. The lowest BCUT2D eigenvalue weighted by Gasteiger charge is -2.09. The molecule has 1 amide bonds. The first-order valence-electron chi connectivity index (χ1n) is 6.69. The lowest BCUT2D eigenvalue weighted by atomic mass is 9.97. The van der Waals surface area contributed by atoms with Crippen LogP contribution in [0.15, 0.2) is 24.3 Å². The van der Waals surface area contributed by atoms with E-state index in [0.717, 1.165) is 11.3 Å². The molecule has 2 atom stereocenters. The molecule has 2 N–H and O–H groups in total. The molecular formula is C15H17N3O2. The standard InChI is InChI=1S/C15H17N3O2/c1-8-7-13(18-17-8)16-15(19)12-6-4-5-11-9(2)10(3)20-14(11)12/h4-7,9-10H,1-3H3,(H2,16,17,18,19). The largest absolute Gasteiger partial charge is 0.489 e. The molecule has 0 saturated carbocycles. The second-order valence-electron chi connectivity index (χ2n) is 5.23. The molecule has 2 heterocycles. The summed E-state index contributed by atoms with van der Waals surface area (Å²) in [5, 5.41) is 9.58. The molecule has 0 bridgehead atoms. The van der Waals surface area contributed by atoms with Crippen LogP contribution in [0.2, 0.25) is 0 Å². The van der Waals surface area contributed by atoms with Crippen molar-refractivity contribution in [3.05, 3.63) is 41.1 Å². The first-order chi connectivity index (χ1) is 9.56. The molecule has 5 nitrogen and oxygen atoms in total. The number of hydrogen-bond acceptors (Lipinski definition) is 3. The molecule has 1 aliphatic heterocycles. The van der Waals surface area contributed by atoms with Crippen molar-refractivity contribution in [2.75, 3.05) is 5.32 Å². The zero-order valence-electron chi connectivity index (χ0n) is 11.7. The van der Waals surface area contributed by atoms with Crippen LogP contribution in [-0.4, -0.2) is 22.2 Å². The Labute approximate surface area is 117 Å². The number of para-hydroxylation sites is 1. The summed E-state index contributed by atoms with van der Waals surface area (Å²) < 4.78 is 5.83. The van der Waals surface area contributed by atoms with E-state index in [1.54, 1.807) is 12.1 Å². The normalized spacial score (nSPS) is 20.4. The topological polar surface area (TPSA) is 67.0 Å². The highest BCUT2D eigenvalue weighted by atomic mass is 16.5. The number of benzene rings is 1. The average Bonchev–Trinajstić information content (AvgIpc) is 2.94. The molecule has 2 aromatic rings. The Morgan fingerprint density at radius 2 is 2.20 bits per heavy atom. The molecule has 0 fully saturated rings. The van der Waals surface area contributed by atoms with E-state index in [1.165, 1.54) is 0 Å². The van der Waals surface area contributed by atoms with Gasteiger partial charge in [0.25, 0.3) is 5.91 Å². The average molecular weight is 271 g/mol. The summed E-state index contributed by atoms with van der Waals surface area (Å²) >= 11 is 0. The Morgan fingerprint density at radius 3 is 2.90 bits per heavy atom. The van der Waals surface area contributed by atoms with Crippen molar-refractivity contribution in [2.24, 2.45) is 0 Å². The minimum atomic E-state index is -0.199. The fourth-order valence-electron chi connectivity index (χ4n) is 2.43. The highest BCUT2D eigenvalue weighted by molar-refractivity contribution is 6.06. The number of H-pyrrole nitrogens is 1. The minimum absolute atomic E-state index is 0.0894. The third-order valence-corrected chi connectivity index (χ3v) is 3.74. The van der Waals surface area contributed by atoms with Crippen LogP contribution in [0.3, 0.4) is 0 Å². The number of aromatic amines is 1. The van der Waals surface area contributed by atoms with E-state index in [9.17, 15) is 4.79 Å². The lowest BCUT2D eigenvalue weighted by molar-refractivity contribution is 0.102. The Bertz CT molecular complexity index is 663. The van der Waals surface area contributed by atoms with Gasteiger partial charge in [-0.3, -0.25) is 9.89 Å². The molecule has 5 heteroatoms. The van der Waals surface area contributed by atoms with E-state index in [2.05, 4.69) is 22.4 Å². The summed E-state index contributed by atoms with van der Waals surface area (Å²) in [4.78, 5) is 12.4. The van der Waals surface area contributed by atoms with Gasteiger partial charge in [0.1, 0.15) is 11.9 Å². The number of fused-ring (bicyclic) bond motifs is 1. The van der Waals surface area contributed by atoms with Crippen LogP contribution in [0, 0.1) is 6.92 Å². The van der Waals surface area contributed by atoms with Crippen molar-refractivity contribution in [3.8, 4) is 5.75 Å². The van der Waals surface area contributed by atoms with Crippen molar-refractivity contribution in [3.63, 3.8) is 0 Å². The maximum absolute atomic E-state index is 12.4. The lowest BCUT2D eigenvalue weighted by Crippen LogP contribution is -2.14. The van der Waals surface area contributed by atoms with Gasteiger partial charge < -0.3 is 10.1 Å². The number of carbonyl (C=O) groups is 1. The molecule has 20 heavy (non-hydrogen) atoms. The van der Waals surface area contributed by atoms with Crippen molar-refractivity contribution >= 4 is 11.7 Å². The number of nitrogens with one attached hydrogen (secondary N) is 2. The summed E-state index contributed by atoms with van der Waals surface area (Å²) in [5.74, 6) is 1.31. The highest BCUT2D eigenvalue weighted by Crippen LogP contribution is 2.40. The number of rotatable bonds is 2. The summed E-state index contributed by atoms with van der Waals surface area (Å²) in [5.41, 5.74) is 2.54. The van der Waals surface area contributed by atoms with Crippen LogP contribution < -0.4 is 10.1 Å². The van der Waals surface area contributed by atoms with Gasteiger partial charge in [0.2, 0.25) is 0 Å². The molecule has 0 aliphatic carbocycles. The maximum atomic E-state index is 12.4. The molecule has 3 rings (SSSR count). The number of nitrogens with zero attached hydrogens (tertiary/aromatic N) is 1. The number of carbonyl (C=O) groups excluding carboxylic acids is 1. The second-order valence-corrected chi connectivity index (χ2v) is 5.23. The highest BCUT2D eigenvalue weighted by Gasteiger charge is 2.31. The number of amides is 1. The SMILES string of the molecule is Cc1cc(NC(=O)c2cccc3c2OC(C)C3C)n[nH]1. The third-order valence-electron chi connectivity index (χ3n) is 3.74. The molecule has 1 aromatic heterocycles. The quantitative estimate of drug-likeness (QED) is 0.882. The third kappa shape index (κ3) is 2.05. The zero-order valence-corrected chi connectivity index (χ0v) is 11.7. The first-order valence-corrected chi connectivity index (χ1v) is 6.69. The number of ether oxygens (including phenoxy) is 1. The van der Waals surface area contributed by atoms with Crippen molar-refractivity contribution < 1.29 is 9.53 Å². The smallest absolute Gasteiger partial charge is 0.260 e. The molecule has 0 spiro atoms. The van der Waals surface area contributed by atoms with Gasteiger partial charge in [-0.25, -0.2) is 0 Å². The predicted molar refractivity (Wildman–Crippen MR) is 76.2 cm³/mol. The monoisotopic (exact) mass is 271 g/mol.